The summed E-state index contributed by atoms with van der Waals surface area (Å²) in [5, 5.41) is 12.5. The first-order valence-corrected chi connectivity index (χ1v) is 11.6. The second kappa shape index (κ2) is 10.9. The average Bonchev–Trinajstić information content (AvgIpc) is 3.03. The topological polar surface area (TPSA) is 142 Å². The van der Waals surface area contributed by atoms with Crippen LogP contribution in [0.2, 0.25) is 0 Å². The summed E-state index contributed by atoms with van der Waals surface area (Å²) in [7, 11) is 1.52. The Morgan fingerprint density at radius 1 is 1.22 bits per heavy atom. The van der Waals surface area contributed by atoms with Gasteiger partial charge in [0, 0.05) is 25.8 Å². The molecule has 36 heavy (non-hydrogen) atoms. The summed E-state index contributed by atoms with van der Waals surface area (Å²) in [5.74, 6) is -0.553. The van der Waals surface area contributed by atoms with Crippen molar-refractivity contribution in [3.8, 4) is 6.07 Å². The minimum atomic E-state index is -0.690. The van der Waals surface area contributed by atoms with E-state index in [1.165, 1.54) is 28.6 Å². The van der Waals surface area contributed by atoms with Gasteiger partial charge in [0.2, 0.25) is 5.91 Å². The van der Waals surface area contributed by atoms with Crippen molar-refractivity contribution in [2.75, 3.05) is 29.5 Å². The Bertz CT molecular complexity index is 1430. The Balaban J connectivity index is 1.89. The molecule has 0 unspecified atom stereocenters. The standard InChI is InChI=1S/C25H30FN7O3/c1-5-6-11-32-22(28)21(24(35)30-25(32)36)31(4)14-20(34)29-23-19(12-27)15(2)16(3)33(23)13-17-7-9-18(26)10-8-17/h7-10H,5-6,11,13-14,28H2,1-4H3,(H,29,34)(H,30,35,36). The number of aromatic amines is 1. The fourth-order valence-corrected chi connectivity index (χ4v) is 4.05. The fourth-order valence-electron chi connectivity index (χ4n) is 4.05. The molecule has 190 valence electrons. The Hall–Kier alpha value is -4.33. The molecule has 0 bridgehead atoms. The number of nitrogen functional groups attached to an aromatic ring is 1. The van der Waals surface area contributed by atoms with Crippen molar-refractivity contribution in [2.45, 2.75) is 46.7 Å². The lowest BCUT2D eigenvalue weighted by atomic mass is 10.2. The van der Waals surface area contributed by atoms with Gasteiger partial charge >= 0.3 is 5.69 Å². The second-order valence-electron chi connectivity index (χ2n) is 8.66. The van der Waals surface area contributed by atoms with Crippen molar-refractivity contribution in [1.29, 1.82) is 5.26 Å². The minimum absolute atomic E-state index is 0.00964. The molecular formula is C25H30FN7O3. The van der Waals surface area contributed by atoms with Crippen LogP contribution in [0.1, 0.15) is 42.1 Å². The summed E-state index contributed by atoms with van der Waals surface area (Å²) in [5.41, 5.74) is 7.46. The molecule has 2 aromatic heterocycles. The molecule has 10 nitrogen and oxygen atoms in total. The van der Waals surface area contributed by atoms with Gasteiger partial charge in [-0.15, -0.1) is 0 Å². The van der Waals surface area contributed by atoms with Crippen LogP contribution in [0.15, 0.2) is 33.9 Å². The van der Waals surface area contributed by atoms with Gasteiger partial charge < -0.3 is 20.5 Å². The molecule has 2 heterocycles. The number of H-pyrrole nitrogens is 1. The first kappa shape index (κ1) is 26.3. The van der Waals surface area contributed by atoms with Crippen LogP contribution in [-0.2, 0) is 17.9 Å². The predicted molar refractivity (Wildman–Crippen MR) is 137 cm³/mol. The number of carbonyl (C=O) groups excluding carboxylic acids is 1. The number of anilines is 3. The third kappa shape index (κ3) is 5.33. The number of hydrogen-bond donors (Lipinski definition) is 3. The molecular weight excluding hydrogens is 465 g/mol. The van der Waals surface area contributed by atoms with E-state index in [0.717, 1.165) is 17.7 Å². The van der Waals surface area contributed by atoms with E-state index in [1.54, 1.807) is 23.6 Å². The zero-order valence-corrected chi connectivity index (χ0v) is 20.8. The van der Waals surface area contributed by atoms with Gasteiger partial charge in [0.25, 0.3) is 5.56 Å². The van der Waals surface area contributed by atoms with Crippen LogP contribution >= 0.6 is 0 Å². The van der Waals surface area contributed by atoms with Crippen LogP contribution in [0.4, 0.5) is 21.7 Å². The Morgan fingerprint density at radius 3 is 2.50 bits per heavy atom. The van der Waals surface area contributed by atoms with Crippen molar-refractivity contribution in [2.24, 2.45) is 0 Å². The summed E-state index contributed by atoms with van der Waals surface area (Å²) in [6.07, 6.45) is 1.52. The summed E-state index contributed by atoms with van der Waals surface area (Å²) >= 11 is 0. The lowest BCUT2D eigenvalue weighted by molar-refractivity contribution is -0.115. The zero-order valence-electron chi connectivity index (χ0n) is 20.8. The monoisotopic (exact) mass is 495 g/mol. The largest absolute Gasteiger partial charge is 0.383 e. The van der Waals surface area contributed by atoms with E-state index in [9.17, 15) is 24.0 Å². The number of nitriles is 1. The van der Waals surface area contributed by atoms with Gasteiger partial charge in [-0.1, -0.05) is 25.5 Å². The van der Waals surface area contributed by atoms with Gasteiger partial charge in [0.05, 0.1) is 12.1 Å². The van der Waals surface area contributed by atoms with Gasteiger partial charge in [0.15, 0.2) is 0 Å². The van der Waals surface area contributed by atoms with E-state index >= 15 is 0 Å². The number of nitrogens with zero attached hydrogens (tertiary/aromatic N) is 4. The number of likely N-dealkylation sites (N-methyl/N-ethyl adjacent to an activating group) is 1. The number of aromatic nitrogens is 3. The highest BCUT2D eigenvalue weighted by Crippen LogP contribution is 2.27. The molecule has 0 saturated heterocycles. The van der Waals surface area contributed by atoms with E-state index in [1.807, 2.05) is 13.8 Å². The molecule has 3 rings (SSSR count). The fraction of sp³-hybridized carbons (Fsp3) is 0.360. The van der Waals surface area contributed by atoms with Gasteiger partial charge in [0.1, 0.15) is 29.2 Å². The second-order valence-corrected chi connectivity index (χ2v) is 8.66. The maximum absolute atomic E-state index is 13.3. The molecule has 0 spiro atoms. The number of carbonyl (C=O) groups is 1. The van der Waals surface area contributed by atoms with Crippen molar-refractivity contribution >= 4 is 23.2 Å². The third-order valence-electron chi connectivity index (χ3n) is 6.16. The van der Waals surface area contributed by atoms with Crippen LogP contribution in [0.5, 0.6) is 0 Å². The first-order chi connectivity index (χ1) is 17.1. The van der Waals surface area contributed by atoms with E-state index in [0.29, 0.717) is 36.5 Å². The summed E-state index contributed by atoms with van der Waals surface area (Å²) in [6.45, 7) is 5.98. The number of nitrogens with one attached hydrogen (secondary N) is 2. The zero-order chi connectivity index (χ0) is 26.6. The molecule has 0 aliphatic rings. The normalized spacial score (nSPS) is 10.8. The van der Waals surface area contributed by atoms with Gasteiger partial charge in [-0.05, 0) is 43.5 Å². The van der Waals surface area contributed by atoms with Crippen molar-refractivity contribution < 1.29 is 9.18 Å². The Kier molecular flexibility index (Phi) is 7.99. The summed E-state index contributed by atoms with van der Waals surface area (Å²) in [6, 6.07) is 8.11. The highest BCUT2D eigenvalue weighted by Gasteiger charge is 2.22. The van der Waals surface area contributed by atoms with Crippen LogP contribution in [0.3, 0.4) is 0 Å². The van der Waals surface area contributed by atoms with Crippen LogP contribution in [-0.4, -0.2) is 33.6 Å². The quantitative estimate of drug-likeness (QED) is 0.416. The highest BCUT2D eigenvalue weighted by atomic mass is 19.1. The van der Waals surface area contributed by atoms with Gasteiger partial charge in [-0.25, -0.2) is 9.18 Å². The number of amides is 1. The number of rotatable bonds is 9. The molecule has 0 aliphatic carbocycles. The first-order valence-electron chi connectivity index (χ1n) is 11.6. The van der Waals surface area contributed by atoms with E-state index in [2.05, 4.69) is 16.4 Å². The predicted octanol–water partition coefficient (Wildman–Crippen LogP) is 2.47. The molecule has 0 radical (unpaired) electrons. The number of hydrogen-bond acceptors (Lipinski definition) is 6. The van der Waals surface area contributed by atoms with Gasteiger partial charge in [-0.2, -0.15) is 5.26 Å². The molecule has 0 aliphatic heterocycles. The Morgan fingerprint density at radius 2 is 1.89 bits per heavy atom. The Labute approximate surface area is 207 Å². The molecule has 0 fully saturated rings. The van der Waals surface area contributed by atoms with E-state index < -0.39 is 17.2 Å². The smallest absolute Gasteiger partial charge is 0.330 e. The molecule has 4 N–H and O–H groups in total. The van der Waals surface area contributed by atoms with E-state index in [4.69, 9.17) is 5.73 Å². The maximum Gasteiger partial charge on any atom is 0.330 e. The molecule has 1 aromatic carbocycles. The average molecular weight is 496 g/mol. The number of benzene rings is 1. The van der Waals surface area contributed by atoms with Crippen LogP contribution < -0.4 is 27.2 Å². The summed E-state index contributed by atoms with van der Waals surface area (Å²) < 4.78 is 16.4. The van der Waals surface area contributed by atoms with E-state index in [-0.39, 0.29) is 23.9 Å². The number of halogens is 1. The van der Waals surface area contributed by atoms with Gasteiger partial charge in [-0.3, -0.25) is 19.1 Å². The molecule has 0 atom stereocenters. The number of unbranched alkanes of at least 4 members (excludes halogenated alkanes) is 1. The van der Waals surface area contributed by atoms with Crippen molar-refractivity contribution in [3.05, 3.63) is 73.3 Å². The van der Waals surface area contributed by atoms with Crippen molar-refractivity contribution in [1.82, 2.24) is 14.1 Å². The molecule has 11 heteroatoms. The SMILES string of the molecule is CCCCn1c(N)c(N(C)CC(=O)Nc2c(C#N)c(C)c(C)n2Cc2ccc(F)cc2)c(=O)[nH]c1=O. The lowest BCUT2D eigenvalue weighted by Crippen LogP contribution is -2.40. The van der Waals surface area contributed by atoms with Crippen LogP contribution in [0, 0.1) is 31.0 Å². The van der Waals surface area contributed by atoms with Crippen molar-refractivity contribution in [3.63, 3.8) is 0 Å². The lowest BCUT2D eigenvalue weighted by Gasteiger charge is -2.22. The highest BCUT2D eigenvalue weighted by molar-refractivity contribution is 5.95. The third-order valence-corrected chi connectivity index (χ3v) is 6.16. The molecule has 3 aromatic rings. The van der Waals surface area contributed by atoms with Crippen LogP contribution in [0.25, 0.3) is 0 Å². The summed E-state index contributed by atoms with van der Waals surface area (Å²) in [4.78, 5) is 41.3. The minimum Gasteiger partial charge on any atom is -0.383 e. The maximum atomic E-state index is 13.3. The molecule has 0 saturated carbocycles. The number of nitrogens with two attached hydrogens (primary N) is 1. The molecule has 1 amide bonds.